The number of benzene rings is 1. The molecule has 4 nitrogen and oxygen atoms in total. The van der Waals surface area contributed by atoms with Crippen molar-refractivity contribution in [2.75, 3.05) is 0 Å². The molecular formula is C16H28N2O2S. The molecular weight excluding hydrogens is 284 g/mol. The SMILES string of the molecule is CCC(C)(CC)NS(=O)(=O)c1cccc(CNC(C)C)c1. The van der Waals surface area contributed by atoms with E-state index in [0.717, 1.165) is 18.4 Å². The molecule has 1 rings (SSSR count). The third kappa shape index (κ3) is 5.41. The van der Waals surface area contributed by atoms with Crippen LogP contribution in [0.5, 0.6) is 0 Å². The van der Waals surface area contributed by atoms with E-state index in [2.05, 4.69) is 23.9 Å². The fourth-order valence-corrected chi connectivity index (χ4v) is 3.54. The quantitative estimate of drug-likeness (QED) is 0.775. The number of nitrogens with one attached hydrogen (secondary N) is 2. The summed E-state index contributed by atoms with van der Waals surface area (Å²) in [6.45, 7) is 10.7. The molecule has 2 N–H and O–H groups in total. The molecule has 120 valence electrons. The van der Waals surface area contributed by atoms with Crippen molar-refractivity contribution < 1.29 is 8.42 Å². The molecule has 0 atom stereocenters. The second kappa shape index (κ2) is 7.38. The van der Waals surface area contributed by atoms with Crippen molar-refractivity contribution in [3.63, 3.8) is 0 Å². The first-order valence-electron chi connectivity index (χ1n) is 7.58. The first-order valence-corrected chi connectivity index (χ1v) is 9.07. The second-order valence-corrected chi connectivity index (χ2v) is 7.74. The van der Waals surface area contributed by atoms with Crippen molar-refractivity contribution in [3.05, 3.63) is 29.8 Å². The Bertz CT molecular complexity index is 549. The zero-order valence-electron chi connectivity index (χ0n) is 13.7. The minimum absolute atomic E-state index is 0.332. The van der Waals surface area contributed by atoms with Gasteiger partial charge in [-0.1, -0.05) is 39.8 Å². The predicted octanol–water partition coefficient (Wildman–Crippen LogP) is 3.04. The molecule has 0 aliphatic carbocycles. The van der Waals surface area contributed by atoms with Gasteiger partial charge in [-0.25, -0.2) is 13.1 Å². The normalized spacial score (nSPS) is 12.9. The summed E-state index contributed by atoms with van der Waals surface area (Å²) in [4.78, 5) is 0.332. The van der Waals surface area contributed by atoms with Crippen LogP contribution in [0.4, 0.5) is 0 Å². The van der Waals surface area contributed by atoms with Gasteiger partial charge in [-0.05, 0) is 37.5 Å². The summed E-state index contributed by atoms with van der Waals surface area (Å²) < 4.78 is 27.9. The fourth-order valence-electron chi connectivity index (χ4n) is 1.92. The monoisotopic (exact) mass is 312 g/mol. The lowest BCUT2D eigenvalue weighted by atomic mass is 9.98. The zero-order chi connectivity index (χ0) is 16.1. The Morgan fingerprint density at radius 1 is 1.19 bits per heavy atom. The van der Waals surface area contributed by atoms with Crippen LogP contribution in [0.15, 0.2) is 29.2 Å². The maximum Gasteiger partial charge on any atom is 0.241 e. The van der Waals surface area contributed by atoms with Gasteiger partial charge in [0, 0.05) is 18.1 Å². The first-order chi connectivity index (χ1) is 9.72. The summed E-state index contributed by atoms with van der Waals surface area (Å²) in [6.07, 6.45) is 1.52. The van der Waals surface area contributed by atoms with Crippen molar-refractivity contribution in [1.29, 1.82) is 0 Å². The molecule has 0 radical (unpaired) electrons. The third-order valence-corrected chi connectivity index (χ3v) is 5.50. The fraction of sp³-hybridized carbons (Fsp3) is 0.625. The Balaban J connectivity index is 2.96. The van der Waals surface area contributed by atoms with Crippen LogP contribution in [0.2, 0.25) is 0 Å². The van der Waals surface area contributed by atoms with Gasteiger partial charge in [0.05, 0.1) is 4.90 Å². The number of sulfonamides is 1. The molecule has 0 heterocycles. The Morgan fingerprint density at radius 3 is 2.33 bits per heavy atom. The molecule has 21 heavy (non-hydrogen) atoms. The molecule has 0 saturated carbocycles. The van der Waals surface area contributed by atoms with Crippen LogP contribution in [0.3, 0.4) is 0 Å². The molecule has 0 bridgehead atoms. The second-order valence-electron chi connectivity index (χ2n) is 6.06. The van der Waals surface area contributed by atoms with Crippen molar-refractivity contribution in [3.8, 4) is 0 Å². The molecule has 0 fully saturated rings. The standard InChI is InChI=1S/C16H28N2O2S/c1-6-16(5,7-2)18-21(19,20)15-10-8-9-14(11-15)12-17-13(3)4/h8-11,13,17-18H,6-7,12H2,1-5H3. The third-order valence-electron chi connectivity index (χ3n) is 3.86. The van der Waals surface area contributed by atoms with Gasteiger partial charge in [-0.15, -0.1) is 0 Å². The molecule has 0 amide bonds. The largest absolute Gasteiger partial charge is 0.310 e. The lowest BCUT2D eigenvalue weighted by Gasteiger charge is -2.27. The molecule has 1 aromatic rings. The highest BCUT2D eigenvalue weighted by Crippen LogP contribution is 2.19. The van der Waals surface area contributed by atoms with Crippen LogP contribution in [0.1, 0.15) is 53.0 Å². The van der Waals surface area contributed by atoms with Gasteiger partial charge >= 0.3 is 0 Å². The zero-order valence-corrected chi connectivity index (χ0v) is 14.5. The molecule has 0 unspecified atom stereocenters. The van der Waals surface area contributed by atoms with E-state index in [1.807, 2.05) is 26.8 Å². The molecule has 0 aromatic heterocycles. The van der Waals surface area contributed by atoms with Crippen molar-refractivity contribution in [2.24, 2.45) is 0 Å². The maximum atomic E-state index is 12.5. The highest BCUT2D eigenvalue weighted by molar-refractivity contribution is 7.89. The van der Waals surface area contributed by atoms with Crippen molar-refractivity contribution in [1.82, 2.24) is 10.0 Å². The van der Waals surface area contributed by atoms with Crippen molar-refractivity contribution in [2.45, 2.75) is 70.5 Å². The van der Waals surface area contributed by atoms with E-state index >= 15 is 0 Å². The molecule has 0 spiro atoms. The summed E-state index contributed by atoms with van der Waals surface area (Å²) in [5.74, 6) is 0. The molecule has 0 saturated heterocycles. The van der Waals surface area contributed by atoms with Gasteiger partial charge in [0.1, 0.15) is 0 Å². The minimum Gasteiger partial charge on any atom is -0.310 e. The summed E-state index contributed by atoms with van der Waals surface area (Å²) in [5.41, 5.74) is 0.576. The lowest BCUT2D eigenvalue weighted by Crippen LogP contribution is -2.44. The van der Waals surface area contributed by atoms with Crippen LogP contribution in [0.25, 0.3) is 0 Å². The topological polar surface area (TPSA) is 58.2 Å². The van der Waals surface area contributed by atoms with Gasteiger partial charge in [0.2, 0.25) is 10.0 Å². The Kier molecular flexibility index (Phi) is 6.38. The van der Waals surface area contributed by atoms with E-state index in [1.165, 1.54) is 0 Å². The van der Waals surface area contributed by atoms with Crippen LogP contribution >= 0.6 is 0 Å². The van der Waals surface area contributed by atoms with Gasteiger partial charge in [-0.3, -0.25) is 0 Å². The van der Waals surface area contributed by atoms with Gasteiger partial charge in [0.15, 0.2) is 0 Å². The smallest absolute Gasteiger partial charge is 0.241 e. The van der Waals surface area contributed by atoms with E-state index in [1.54, 1.807) is 18.2 Å². The van der Waals surface area contributed by atoms with E-state index in [0.29, 0.717) is 17.5 Å². The van der Waals surface area contributed by atoms with E-state index < -0.39 is 15.6 Å². The maximum absolute atomic E-state index is 12.5. The van der Waals surface area contributed by atoms with Gasteiger partial charge in [0.25, 0.3) is 0 Å². The highest BCUT2D eigenvalue weighted by Gasteiger charge is 2.27. The lowest BCUT2D eigenvalue weighted by molar-refractivity contribution is 0.388. The molecule has 0 aliphatic rings. The summed E-state index contributed by atoms with van der Waals surface area (Å²) in [6, 6.07) is 7.48. The summed E-state index contributed by atoms with van der Waals surface area (Å²) in [5, 5.41) is 3.30. The predicted molar refractivity (Wildman–Crippen MR) is 87.7 cm³/mol. The van der Waals surface area contributed by atoms with Gasteiger partial charge < -0.3 is 5.32 Å². The highest BCUT2D eigenvalue weighted by atomic mass is 32.2. The summed E-state index contributed by atoms with van der Waals surface area (Å²) in [7, 11) is -3.48. The average molecular weight is 312 g/mol. The van der Waals surface area contributed by atoms with Crippen LogP contribution in [0, 0.1) is 0 Å². The van der Waals surface area contributed by atoms with E-state index in [-0.39, 0.29) is 0 Å². The number of rotatable bonds is 8. The number of hydrogen-bond acceptors (Lipinski definition) is 3. The molecule has 1 aromatic carbocycles. The molecule has 0 aliphatic heterocycles. The van der Waals surface area contributed by atoms with Crippen LogP contribution < -0.4 is 10.0 Å². The van der Waals surface area contributed by atoms with Gasteiger partial charge in [-0.2, -0.15) is 0 Å². The van der Waals surface area contributed by atoms with E-state index in [9.17, 15) is 8.42 Å². The van der Waals surface area contributed by atoms with E-state index in [4.69, 9.17) is 0 Å². The summed E-state index contributed by atoms with van der Waals surface area (Å²) >= 11 is 0. The first kappa shape index (κ1) is 18.1. The Labute approximate surface area is 129 Å². The van der Waals surface area contributed by atoms with Crippen LogP contribution in [-0.4, -0.2) is 20.0 Å². The molecule has 5 heteroatoms. The Hall–Kier alpha value is -0.910. The van der Waals surface area contributed by atoms with Crippen LogP contribution in [-0.2, 0) is 16.6 Å². The minimum atomic E-state index is -3.48. The Morgan fingerprint density at radius 2 is 1.81 bits per heavy atom. The number of hydrogen-bond donors (Lipinski definition) is 2. The average Bonchev–Trinajstić information content (AvgIpc) is 2.45. The van der Waals surface area contributed by atoms with Crippen molar-refractivity contribution >= 4 is 10.0 Å².